The average Bonchev–Trinajstić information content (AvgIpc) is 3.28. The summed E-state index contributed by atoms with van der Waals surface area (Å²) in [4.78, 5) is 29.1. The highest BCUT2D eigenvalue weighted by atomic mass is 32.2. The van der Waals surface area contributed by atoms with Crippen LogP contribution in [0.2, 0.25) is 0 Å². The molecule has 2 aliphatic rings. The molecule has 5 nitrogen and oxygen atoms in total. The Morgan fingerprint density at radius 3 is 2.42 bits per heavy atom. The summed E-state index contributed by atoms with van der Waals surface area (Å²) in [6.45, 7) is 0.335. The Hall–Kier alpha value is -3.51. The normalized spacial score (nSPS) is 16.0. The zero-order valence-electron chi connectivity index (χ0n) is 16.8. The lowest BCUT2D eigenvalue weighted by molar-refractivity contribution is -0.123. The zero-order chi connectivity index (χ0) is 21.4. The minimum absolute atomic E-state index is 0.158. The van der Waals surface area contributed by atoms with Crippen LogP contribution in [0.15, 0.2) is 71.6 Å². The number of fused-ring (bicyclic) bond motifs is 2. The van der Waals surface area contributed by atoms with Gasteiger partial charge in [-0.1, -0.05) is 36.4 Å². The van der Waals surface area contributed by atoms with Gasteiger partial charge in [0.2, 0.25) is 6.79 Å². The number of rotatable bonds is 4. The van der Waals surface area contributed by atoms with Crippen molar-refractivity contribution in [2.45, 2.75) is 11.4 Å². The van der Waals surface area contributed by atoms with Gasteiger partial charge in [0.05, 0.1) is 6.54 Å². The summed E-state index contributed by atoms with van der Waals surface area (Å²) in [6, 6.07) is 20.7. The number of benzene rings is 3. The molecular formula is C25H19NO4S. The zero-order valence-corrected chi connectivity index (χ0v) is 17.6. The summed E-state index contributed by atoms with van der Waals surface area (Å²) in [6.07, 6.45) is 3.87. The van der Waals surface area contributed by atoms with E-state index in [9.17, 15) is 9.59 Å². The second-order valence-electron chi connectivity index (χ2n) is 7.26. The lowest BCUT2D eigenvalue weighted by Crippen LogP contribution is -2.41. The predicted octanol–water partition coefficient (Wildman–Crippen LogP) is 4.86. The number of carbonyl (C=O) groups excluding carboxylic acids is 2. The molecule has 2 aliphatic heterocycles. The Balaban J connectivity index is 1.53. The van der Waals surface area contributed by atoms with Crippen molar-refractivity contribution in [3.63, 3.8) is 0 Å². The molecule has 2 heterocycles. The van der Waals surface area contributed by atoms with E-state index in [1.54, 1.807) is 23.9 Å². The fourth-order valence-corrected chi connectivity index (χ4v) is 4.18. The maximum Gasteiger partial charge on any atom is 0.261 e. The second kappa shape index (κ2) is 7.96. The van der Waals surface area contributed by atoms with Gasteiger partial charge in [0.15, 0.2) is 11.5 Å². The molecule has 3 aromatic rings. The van der Waals surface area contributed by atoms with Gasteiger partial charge in [-0.15, -0.1) is 11.8 Å². The van der Waals surface area contributed by atoms with E-state index in [-0.39, 0.29) is 25.2 Å². The van der Waals surface area contributed by atoms with Crippen molar-refractivity contribution in [2.75, 3.05) is 13.0 Å². The number of ether oxygens (including phenoxy) is 2. The van der Waals surface area contributed by atoms with Crippen molar-refractivity contribution in [1.82, 2.24) is 4.90 Å². The Kier molecular flexibility index (Phi) is 5.00. The lowest BCUT2D eigenvalue weighted by atomic mass is 9.91. The largest absolute Gasteiger partial charge is 0.454 e. The molecule has 0 aromatic heterocycles. The average molecular weight is 429 g/mol. The summed E-state index contributed by atoms with van der Waals surface area (Å²) in [5.41, 5.74) is 3.40. The number of carbonyl (C=O) groups is 2. The highest BCUT2D eigenvalue weighted by Crippen LogP contribution is 2.35. The Bertz CT molecular complexity index is 1220. The summed E-state index contributed by atoms with van der Waals surface area (Å²) >= 11 is 1.66. The smallest absolute Gasteiger partial charge is 0.261 e. The molecule has 2 amide bonds. The van der Waals surface area contributed by atoms with E-state index < -0.39 is 0 Å². The van der Waals surface area contributed by atoms with Gasteiger partial charge in [0.25, 0.3) is 11.8 Å². The molecule has 0 bridgehead atoms. The van der Waals surface area contributed by atoms with Crippen LogP contribution in [0.4, 0.5) is 0 Å². The van der Waals surface area contributed by atoms with E-state index in [4.69, 9.17) is 9.47 Å². The molecule has 31 heavy (non-hydrogen) atoms. The number of amides is 2. The van der Waals surface area contributed by atoms with E-state index in [0.717, 1.165) is 16.0 Å². The van der Waals surface area contributed by atoms with Crippen molar-refractivity contribution in [3.8, 4) is 11.5 Å². The van der Waals surface area contributed by atoms with E-state index in [0.29, 0.717) is 28.2 Å². The van der Waals surface area contributed by atoms with Gasteiger partial charge in [-0.25, -0.2) is 0 Å². The van der Waals surface area contributed by atoms with Gasteiger partial charge in [0.1, 0.15) is 0 Å². The Morgan fingerprint density at radius 2 is 1.65 bits per heavy atom. The van der Waals surface area contributed by atoms with Gasteiger partial charge >= 0.3 is 0 Å². The van der Waals surface area contributed by atoms with Crippen molar-refractivity contribution < 1.29 is 19.1 Å². The fourth-order valence-electron chi connectivity index (χ4n) is 3.77. The van der Waals surface area contributed by atoms with Crippen molar-refractivity contribution >= 4 is 35.2 Å². The predicted molar refractivity (Wildman–Crippen MR) is 120 cm³/mol. The van der Waals surface area contributed by atoms with Gasteiger partial charge < -0.3 is 9.47 Å². The number of nitrogens with zero attached hydrogens (tertiary/aromatic N) is 1. The second-order valence-corrected chi connectivity index (χ2v) is 8.14. The third kappa shape index (κ3) is 3.59. The van der Waals surface area contributed by atoms with E-state index in [1.807, 2.05) is 66.9 Å². The lowest BCUT2D eigenvalue weighted by Gasteiger charge is -2.29. The number of hydrogen-bond acceptors (Lipinski definition) is 5. The van der Waals surface area contributed by atoms with Crippen LogP contribution >= 0.6 is 11.8 Å². The maximum atomic E-state index is 13.4. The number of imide groups is 1. The van der Waals surface area contributed by atoms with Crippen LogP contribution in [0.25, 0.3) is 11.6 Å². The van der Waals surface area contributed by atoms with Gasteiger partial charge in [-0.2, -0.15) is 0 Å². The summed E-state index contributed by atoms with van der Waals surface area (Å²) in [5.74, 6) is 0.683. The molecule has 6 heteroatoms. The fraction of sp³-hybridized carbons (Fsp3) is 0.120. The first-order valence-electron chi connectivity index (χ1n) is 9.84. The molecule has 0 unspecified atom stereocenters. The molecule has 5 rings (SSSR count). The molecule has 0 N–H and O–H groups in total. The van der Waals surface area contributed by atoms with Crippen LogP contribution in [-0.2, 0) is 11.3 Å². The van der Waals surface area contributed by atoms with E-state index in [1.165, 1.54) is 4.90 Å². The monoisotopic (exact) mass is 429 g/mol. The molecule has 0 radical (unpaired) electrons. The van der Waals surface area contributed by atoms with Gasteiger partial charge in [-0.3, -0.25) is 14.5 Å². The summed E-state index contributed by atoms with van der Waals surface area (Å²) < 4.78 is 10.8. The van der Waals surface area contributed by atoms with Crippen LogP contribution in [0.3, 0.4) is 0 Å². The van der Waals surface area contributed by atoms with Crippen LogP contribution in [0, 0.1) is 0 Å². The number of thioether (sulfide) groups is 1. The minimum atomic E-state index is -0.310. The van der Waals surface area contributed by atoms with Crippen molar-refractivity contribution in [3.05, 3.63) is 89.0 Å². The first kappa shape index (κ1) is 19.5. The molecule has 0 saturated carbocycles. The summed E-state index contributed by atoms with van der Waals surface area (Å²) in [5, 5.41) is 0. The molecular weight excluding hydrogens is 410 g/mol. The highest BCUT2D eigenvalue weighted by molar-refractivity contribution is 7.98. The Morgan fingerprint density at radius 1 is 0.903 bits per heavy atom. The van der Waals surface area contributed by atoms with Crippen molar-refractivity contribution in [1.29, 1.82) is 0 Å². The molecule has 0 spiro atoms. The molecule has 0 atom stereocenters. The number of hydrogen-bond donors (Lipinski definition) is 0. The molecule has 0 fully saturated rings. The first-order chi connectivity index (χ1) is 15.1. The molecule has 154 valence electrons. The summed E-state index contributed by atoms with van der Waals surface area (Å²) in [7, 11) is 0. The third-order valence-electron chi connectivity index (χ3n) is 5.37. The topological polar surface area (TPSA) is 55.8 Å². The SMILES string of the molecule is CSc1ccc(/C=C2/C(=O)N(Cc3ccc4c(c3)OCO4)C(=O)c3ccccc32)cc1. The highest BCUT2D eigenvalue weighted by Gasteiger charge is 2.34. The van der Waals surface area contributed by atoms with E-state index in [2.05, 4.69) is 0 Å². The minimum Gasteiger partial charge on any atom is -0.454 e. The van der Waals surface area contributed by atoms with E-state index >= 15 is 0 Å². The van der Waals surface area contributed by atoms with Gasteiger partial charge in [-0.05, 0) is 59.4 Å². The van der Waals surface area contributed by atoms with Crippen LogP contribution < -0.4 is 9.47 Å². The van der Waals surface area contributed by atoms with Crippen molar-refractivity contribution in [2.24, 2.45) is 0 Å². The Labute approximate surface area is 184 Å². The van der Waals surface area contributed by atoms with Gasteiger partial charge in [0, 0.05) is 16.0 Å². The van der Waals surface area contributed by atoms with Crippen LogP contribution in [0.5, 0.6) is 11.5 Å². The van der Waals surface area contributed by atoms with Crippen LogP contribution in [0.1, 0.15) is 27.0 Å². The molecule has 0 aliphatic carbocycles. The van der Waals surface area contributed by atoms with Crippen LogP contribution in [-0.4, -0.2) is 29.8 Å². The maximum absolute atomic E-state index is 13.4. The third-order valence-corrected chi connectivity index (χ3v) is 6.12. The first-order valence-corrected chi connectivity index (χ1v) is 11.1. The quantitative estimate of drug-likeness (QED) is 0.337. The standard InChI is InChI=1S/C25H19NO4S/c1-31-18-9-6-16(7-10-18)12-21-19-4-2-3-5-20(19)24(27)26(25(21)28)14-17-8-11-22-23(13-17)30-15-29-22/h2-13H,14-15H2,1H3/b21-12+. The molecule has 0 saturated heterocycles. The molecule has 3 aromatic carbocycles.